The second-order valence-corrected chi connectivity index (χ2v) is 6.85. The van der Waals surface area contributed by atoms with Crippen molar-refractivity contribution >= 4 is 29.2 Å². The van der Waals surface area contributed by atoms with E-state index in [2.05, 4.69) is 22.5 Å². The van der Waals surface area contributed by atoms with Gasteiger partial charge in [0.1, 0.15) is 11.6 Å². The normalized spacial score (nSPS) is 11.8. The van der Waals surface area contributed by atoms with Gasteiger partial charge >= 0.3 is 12.0 Å². The molecule has 1 aromatic heterocycles. The molecule has 0 unspecified atom stereocenters. The standard InChI is InChI=1S/C16H21N3O5S/c1-16(2,24)8-7-10-5-6-12(25-10)13(20)19-11(14(21)22)4-3-9-18-15(17)23/h5-6,11,24H,3-4,9H2,1-2H3,(H,19,20)(H,21,22)(H3,17,18,23)/t11-/m0/s1. The van der Waals surface area contributed by atoms with E-state index in [-0.39, 0.29) is 13.0 Å². The summed E-state index contributed by atoms with van der Waals surface area (Å²) in [6.45, 7) is 3.32. The first-order valence-electron chi connectivity index (χ1n) is 7.51. The highest BCUT2D eigenvalue weighted by Crippen LogP contribution is 2.16. The fourth-order valence-corrected chi connectivity index (χ4v) is 2.51. The summed E-state index contributed by atoms with van der Waals surface area (Å²) >= 11 is 1.10. The first-order valence-corrected chi connectivity index (χ1v) is 8.32. The minimum Gasteiger partial charge on any atom is -0.480 e. The van der Waals surface area contributed by atoms with Crippen molar-refractivity contribution in [1.29, 1.82) is 0 Å². The molecule has 136 valence electrons. The minimum atomic E-state index is -1.16. The van der Waals surface area contributed by atoms with E-state index in [1.165, 1.54) is 0 Å². The predicted molar refractivity (Wildman–Crippen MR) is 93.2 cm³/mol. The highest BCUT2D eigenvalue weighted by molar-refractivity contribution is 7.14. The average Bonchev–Trinajstić information content (AvgIpc) is 2.96. The maximum absolute atomic E-state index is 12.2. The molecule has 0 fully saturated rings. The highest BCUT2D eigenvalue weighted by Gasteiger charge is 2.21. The van der Waals surface area contributed by atoms with Gasteiger partial charge in [-0.2, -0.15) is 0 Å². The van der Waals surface area contributed by atoms with Crippen LogP contribution in [0.3, 0.4) is 0 Å². The number of nitrogens with one attached hydrogen (secondary N) is 2. The molecule has 0 saturated carbocycles. The molecular weight excluding hydrogens is 346 g/mol. The van der Waals surface area contributed by atoms with E-state index < -0.39 is 29.6 Å². The van der Waals surface area contributed by atoms with Crippen molar-refractivity contribution in [3.63, 3.8) is 0 Å². The zero-order valence-electron chi connectivity index (χ0n) is 14.0. The lowest BCUT2D eigenvalue weighted by Crippen LogP contribution is -2.41. The van der Waals surface area contributed by atoms with Crippen LogP contribution < -0.4 is 16.4 Å². The fourth-order valence-electron chi connectivity index (χ4n) is 1.75. The van der Waals surface area contributed by atoms with Crippen molar-refractivity contribution in [3.8, 4) is 11.8 Å². The third-order valence-corrected chi connectivity index (χ3v) is 3.89. The van der Waals surface area contributed by atoms with Crippen LogP contribution in [0.4, 0.5) is 4.79 Å². The number of hydrogen-bond acceptors (Lipinski definition) is 5. The summed E-state index contributed by atoms with van der Waals surface area (Å²) in [6, 6.07) is 1.41. The van der Waals surface area contributed by atoms with Crippen molar-refractivity contribution < 1.29 is 24.6 Å². The molecule has 3 amide bonds. The number of primary amides is 1. The number of thiophene rings is 1. The zero-order chi connectivity index (χ0) is 19.0. The van der Waals surface area contributed by atoms with Crippen LogP contribution in [-0.4, -0.2) is 46.3 Å². The molecule has 1 aromatic rings. The highest BCUT2D eigenvalue weighted by atomic mass is 32.1. The minimum absolute atomic E-state index is 0.151. The number of nitrogens with two attached hydrogens (primary N) is 1. The van der Waals surface area contributed by atoms with Crippen LogP contribution >= 0.6 is 11.3 Å². The van der Waals surface area contributed by atoms with E-state index in [0.717, 1.165) is 11.3 Å². The van der Waals surface area contributed by atoms with Crippen LogP contribution in [0.5, 0.6) is 0 Å². The van der Waals surface area contributed by atoms with Crippen LogP contribution in [-0.2, 0) is 4.79 Å². The van der Waals surface area contributed by atoms with Crippen LogP contribution in [0, 0.1) is 11.8 Å². The molecule has 0 aliphatic carbocycles. The molecule has 0 aromatic carbocycles. The Morgan fingerprint density at radius 2 is 2.04 bits per heavy atom. The molecule has 0 bridgehead atoms. The Hall–Kier alpha value is -2.57. The van der Waals surface area contributed by atoms with Crippen LogP contribution in [0.2, 0.25) is 0 Å². The lowest BCUT2D eigenvalue weighted by Gasteiger charge is -2.13. The molecule has 0 spiro atoms. The Morgan fingerprint density at radius 1 is 1.36 bits per heavy atom. The van der Waals surface area contributed by atoms with Crippen molar-refractivity contribution in [2.24, 2.45) is 5.73 Å². The Balaban J connectivity index is 2.65. The van der Waals surface area contributed by atoms with E-state index in [4.69, 9.17) is 5.73 Å². The van der Waals surface area contributed by atoms with E-state index in [1.807, 2.05) is 0 Å². The zero-order valence-corrected chi connectivity index (χ0v) is 14.8. The summed E-state index contributed by atoms with van der Waals surface area (Å²) < 4.78 is 0. The molecule has 6 N–H and O–H groups in total. The van der Waals surface area contributed by atoms with E-state index in [9.17, 15) is 24.6 Å². The molecule has 1 rings (SSSR count). The van der Waals surface area contributed by atoms with Gasteiger partial charge in [-0.15, -0.1) is 11.3 Å². The summed E-state index contributed by atoms with van der Waals surface area (Å²) in [5, 5.41) is 23.5. The predicted octanol–water partition coefficient (Wildman–Crippen LogP) is 0.502. The molecule has 9 heteroatoms. The monoisotopic (exact) mass is 367 g/mol. The summed E-state index contributed by atoms with van der Waals surface area (Å²) in [6.07, 6.45) is 0.505. The van der Waals surface area contributed by atoms with Crippen LogP contribution in [0.15, 0.2) is 12.1 Å². The third kappa shape index (κ3) is 8.19. The van der Waals surface area contributed by atoms with Gasteiger partial charge in [0.25, 0.3) is 5.91 Å². The number of amides is 3. The maximum atomic E-state index is 12.2. The second-order valence-electron chi connectivity index (χ2n) is 5.77. The van der Waals surface area contributed by atoms with E-state index in [1.54, 1.807) is 26.0 Å². The fraction of sp³-hybridized carbons (Fsp3) is 0.438. The van der Waals surface area contributed by atoms with Gasteiger partial charge in [-0.1, -0.05) is 11.8 Å². The van der Waals surface area contributed by atoms with Crippen molar-refractivity contribution in [2.75, 3.05) is 6.54 Å². The Bertz CT molecular complexity index is 697. The van der Waals surface area contributed by atoms with Gasteiger partial charge in [0.2, 0.25) is 0 Å². The van der Waals surface area contributed by atoms with E-state index >= 15 is 0 Å². The van der Waals surface area contributed by atoms with Crippen molar-refractivity contribution in [3.05, 3.63) is 21.9 Å². The molecule has 1 atom stereocenters. The topological polar surface area (TPSA) is 142 Å². The largest absolute Gasteiger partial charge is 0.480 e. The smallest absolute Gasteiger partial charge is 0.326 e. The van der Waals surface area contributed by atoms with Gasteiger partial charge in [0.05, 0.1) is 9.75 Å². The number of carboxylic acid groups (broad SMARTS) is 1. The molecule has 0 aliphatic heterocycles. The molecule has 25 heavy (non-hydrogen) atoms. The third-order valence-electron chi connectivity index (χ3n) is 2.89. The van der Waals surface area contributed by atoms with Gasteiger partial charge in [0.15, 0.2) is 0 Å². The maximum Gasteiger partial charge on any atom is 0.326 e. The Labute approximate surface area is 149 Å². The number of rotatable bonds is 7. The number of hydrogen-bond donors (Lipinski definition) is 5. The van der Waals surface area contributed by atoms with Gasteiger partial charge in [-0.3, -0.25) is 4.79 Å². The van der Waals surface area contributed by atoms with Gasteiger partial charge in [0, 0.05) is 6.54 Å². The van der Waals surface area contributed by atoms with Crippen LogP contribution in [0.25, 0.3) is 0 Å². The van der Waals surface area contributed by atoms with Crippen molar-refractivity contribution in [2.45, 2.75) is 38.3 Å². The quantitative estimate of drug-likeness (QED) is 0.352. The number of carbonyl (C=O) groups is 3. The lowest BCUT2D eigenvalue weighted by atomic mass is 10.1. The number of aliphatic carboxylic acids is 1. The summed E-state index contributed by atoms with van der Waals surface area (Å²) in [5.74, 6) is 3.72. The first-order chi connectivity index (χ1) is 11.6. The Morgan fingerprint density at radius 3 is 2.60 bits per heavy atom. The number of urea groups is 1. The average molecular weight is 367 g/mol. The molecule has 0 saturated heterocycles. The van der Waals surface area contributed by atoms with E-state index in [0.29, 0.717) is 16.2 Å². The first kappa shape index (κ1) is 20.5. The molecular formula is C16H21N3O5S. The Kier molecular flexibility index (Phi) is 7.42. The van der Waals surface area contributed by atoms with Gasteiger partial charge in [-0.05, 0) is 38.8 Å². The van der Waals surface area contributed by atoms with Gasteiger partial charge in [-0.25, -0.2) is 9.59 Å². The molecule has 0 radical (unpaired) electrons. The molecule has 8 nitrogen and oxygen atoms in total. The second kappa shape index (κ2) is 9.05. The molecule has 1 heterocycles. The summed E-state index contributed by atoms with van der Waals surface area (Å²) in [5.41, 5.74) is 3.78. The summed E-state index contributed by atoms with van der Waals surface area (Å²) in [7, 11) is 0. The number of carboxylic acids is 1. The SMILES string of the molecule is CC(C)(O)C#Cc1ccc(C(=O)N[C@@H](CCCNC(N)=O)C(=O)O)s1. The number of carbonyl (C=O) groups excluding carboxylic acids is 2. The molecule has 0 aliphatic rings. The lowest BCUT2D eigenvalue weighted by molar-refractivity contribution is -0.139. The van der Waals surface area contributed by atoms with Crippen molar-refractivity contribution in [1.82, 2.24) is 10.6 Å². The summed E-state index contributed by atoms with van der Waals surface area (Å²) in [4.78, 5) is 34.9. The van der Waals surface area contributed by atoms with Gasteiger partial charge < -0.3 is 26.6 Å². The number of aliphatic hydroxyl groups is 1. The van der Waals surface area contributed by atoms with Crippen LogP contribution in [0.1, 0.15) is 41.2 Å².